The van der Waals surface area contributed by atoms with E-state index in [1.807, 2.05) is 13.8 Å². The number of rotatable bonds is 5. The maximum atomic E-state index is 11.2. The molecule has 0 aliphatic carbocycles. The monoisotopic (exact) mass is 277 g/mol. The van der Waals surface area contributed by atoms with Crippen molar-refractivity contribution in [3.05, 3.63) is 0 Å². The first-order chi connectivity index (χ1) is 8.90. The van der Waals surface area contributed by atoms with Crippen LogP contribution in [0.25, 0.3) is 0 Å². The molecule has 0 radical (unpaired) electrons. The van der Waals surface area contributed by atoms with Crippen molar-refractivity contribution < 1.29 is 29.6 Å². The molecule has 6 atom stereocenters. The molecule has 0 spiro atoms. The number of carbonyl (C=O) groups is 1. The van der Waals surface area contributed by atoms with Gasteiger partial charge in [0.2, 0.25) is 5.91 Å². The Labute approximate surface area is 112 Å². The lowest BCUT2D eigenvalue weighted by Crippen LogP contribution is -2.64. The molecule has 0 aromatic heterocycles. The Bertz CT molecular complexity index is 300. The molecule has 1 rings (SSSR count). The Kier molecular flexibility index (Phi) is 6.15. The van der Waals surface area contributed by atoms with Crippen molar-refractivity contribution >= 4 is 5.91 Å². The maximum absolute atomic E-state index is 11.2. The van der Waals surface area contributed by atoms with Crippen LogP contribution >= 0.6 is 0 Å². The highest BCUT2D eigenvalue weighted by Crippen LogP contribution is 2.23. The summed E-state index contributed by atoms with van der Waals surface area (Å²) < 4.78 is 11.0. The van der Waals surface area contributed by atoms with Crippen LogP contribution in [0.2, 0.25) is 0 Å². The number of aliphatic hydroxyl groups excluding tert-OH is 3. The van der Waals surface area contributed by atoms with Crippen LogP contribution in [0.3, 0.4) is 0 Å². The highest BCUT2D eigenvalue weighted by Gasteiger charge is 2.45. The summed E-state index contributed by atoms with van der Waals surface area (Å²) in [4.78, 5) is 11.2. The smallest absolute Gasteiger partial charge is 0.217 e. The summed E-state index contributed by atoms with van der Waals surface area (Å²) in [7, 11) is 0. The predicted molar refractivity (Wildman–Crippen MR) is 66.2 cm³/mol. The van der Waals surface area contributed by atoms with Gasteiger partial charge in [-0.1, -0.05) is 6.92 Å². The third-order valence-corrected chi connectivity index (χ3v) is 3.19. The van der Waals surface area contributed by atoms with Gasteiger partial charge in [-0.25, -0.2) is 0 Å². The van der Waals surface area contributed by atoms with Gasteiger partial charge in [0, 0.05) is 6.92 Å². The largest absolute Gasteiger partial charge is 0.394 e. The van der Waals surface area contributed by atoms with E-state index < -0.39 is 37.3 Å². The molecular formula is C12H23NO6. The van der Waals surface area contributed by atoms with Gasteiger partial charge in [-0.05, 0) is 13.3 Å². The van der Waals surface area contributed by atoms with Gasteiger partial charge in [0.25, 0.3) is 0 Å². The second-order valence-electron chi connectivity index (χ2n) is 4.79. The van der Waals surface area contributed by atoms with Crippen LogP contribution in [0.15, 0.2) is 0 Å². The van der Waals surface area contributed by atoms with Crippen molar-refractivity contribution in [3.8, 4) is 0 Å². The number of ether oxygens (including phenoxy) is 2. The summed E-state index contributed by atoms with van der Waals surface area (Å²) in [6, 6.07) is -0.871. The second-order valence-corrected chi connectivity index (χ2v) is 4.79. The Morgan fingerprint density at radius 1 is 1.42 bits per heavy atom. The summed E-state index contributed by atoms with van der Waals surface area (Å²) in [5.74, 6) is -0.361. The van der Waals surface area contributed by atoms with Gasteiger partial charge >= 0.3 is 0 Å². The molecule has 7 nitrogen and oxygen atoms in total. The van der Waals surface area contributed by atoms with Crippen LogP contribution in [0.1, 0.15) is 27.2 Å². The minimum atomic E-state index is -1.28. The van der Waals surface area contributed by atoms with E-state index in [1.165, 1.54) is 6.92 Å². The molecule has 4 N–H and O–H groups in total. The maximum Gasteiger partial charge on any atom is 0.217 e. The van der Waals surface area contributed by atoms with Crippen molar-refractivity contribution in [2.75, 3.05) is 6.61 Å². The summed E-state index contributed by atoms with van der Waals surface area (Å²) in [5.41, 5.74) is 0. The van der Waals surface area contributed by atoms with Gasteiger partial charge < -0.3 is 30.1 Å². The lowest BCUT2D eigenvalue weighted by Gasteiger charge is -2.42. The Morgan fingerprint density at radius 3 is 2.53 bits per heavy atom. The highest BCUT2D eigenvalue weighted by molar-refractivity contribution is 5.73. The van der Waals surface area contributed by atoms with E-state index in [1.54, 1.807) is 0 Å². The van der Waals surface area contributed by atoms with Gasteiger partial charge in [-0.15, -0.1) is 0 Å². The van der Waals surface area contributed by atoms with Crippen molar-refractivity contribution in [1.29, 1.82) is 0 Å². The number of amides is 1. The molecule has 1 aliphatic rings. The Hall–Kier alpha value is -0.730. The van der Waals surface area contributed by atoms with E-state index in [0.29, 0.717) is 0 Å². The molecule has 0 saturated carbocycles. The van der Waals surface area contributed by atoms with Crippen LogP contribution in [0.5, 0.6) is 0 Å². The number of carbonyl (C=O) groups excluding carboxylic acids is 1. The lowest BCUT2D eigenvalue weighted by molar-refractivity contribution is -0.280. The molecule has 1 amide bonds. The van der Waals surface area contributed by atoms with Crippen molar-refractivity contribution in [3.63, 3.8) is 0 Å². The molecule has 19 heavy (non-hydrogen) atoms. The average molecular weight is 277 g/mol. The number of hydrogen-bond donors (Lipinski definition) is 4. The minimum Gasteiger partial charge on any atom is -0.394 e. The molecule has 1 aliphatic heterocycles. The fraction of sp³-hybridized carbons (Fsp3) is 0.917. The SMILES string of the molecule is CCC(C)O[C@@H]1O[C@H](CO)[C@@H](O)[C@H](O)[C@H]1NC(C)=O. The molecule has 7 heteroatoms. The summed E-state index contributed by atoms with van der Waals surface area (Å²) in [6.07, 6.45) is -3.79. The van der Waals surface area contributed by atoms with E-state index in [0.717, 1.165) is 6.42 Å². The molecule has 1 heterocycles. The molecule has 112 valence electrons. The van der Waals surface area contributed by atoms with Crippen LogP contribution in [0, 0.1) is 0 Å². The molecule has 1 unspecified atom stereocenters. The Morgan fingerprint density at radius 2 is 2.05 bits per heavy atom. The summed E-state index contributed by atoms with van der Waals surface area (Å²) in [6.45, 7) is 4.62. The molecular weight excluding hydrogens is 254 g/mol. The lowest BCUT2D eigenvalue weighted by atomic mass is 9.97. The van der Waals surface area contributed by atoms with Crippen molar-refractivity contribution in [1.82, 2.24) is 5.32 Å². The zero-order chi connectivity index (χ0) is 14.6. The predicted octanol–water partition coefficient (Wildman–Crippen LogP) is -1.25. The molecule has 1 fully saturated rings. The Balaban J connectivity index is 2.83. The average Bonchev–Trinajstić information content (AvgIpc) is 2.37. The van der Waals surface area contributed by atoms with E-state index in [9.17, 15) is 15.0 Å². The van der Waals surface area contributed by atoms with Crippen molar-refractivity contribution in [2.24, 2.45) is 0 Å². The fourth-order valence-electron chi connectivity index (χ4n) is 1.91. The fourth-order valence-corrected chi connectivity index (χ4v) is 1.91. The normalized spacial score (nSPS) is 36.8. The second kappa shape index (κ2) is 7.16. The van der Waals surface area contributed by atoms with Gasteiger partial charge in [-0.3, -0.25) is 4.79 Å². The van der Waals surface area contributed by atoms with Gasteiger partial charge in [-0.2, -0.15) is 0 Å². The molecule has 0 aromatic rings. The van der Waals surface area contributed by atoms with Crippen LogP contribution < -0.4 is 5.32 Å². The van der Waals surface area contributed by atoms with Gasteiger partial charge in [0.05, 0.1) is 12.7 Å². The zero-order valence-corrected chi connectivity index (χ0v) is 11.4. The van der Waals surface area contributed by atoms with Crippen molar-refractivity contribution in [2.45, 2.75) is 63.9 Å². The summed E-state index contributed by atoms with van der Waals surface area (Å²) in [5, 5.41) is 31.4. The number of aliphatic hydroxyl groups is 3. The molecule has 0 bridgehead atoms. The van der Waals surface area contributed by atoms with E-state index in [4.69, 9.17) is 14.6 Å². The molecule has 1 saturated heterocycles. The van der Waals surface area contributed by atoms with Gasteiger partial charge in [0.1, 0.15) is 24.4 Å². The number of nitrogens with one attached hydrogen (secondary N) is 1. The van der Waals surface area contributed by atoms with E-state index in [-0.39, 0.29) is 12.0 Å². The first kappa shape index (κ1) is 16.3. The summed E-state index contributed by atoms with van der Waals surface area (Å²) >= 11 is 0. The quantitative estimate of drug-likeness (QED) is 0.500. The van der Waals surface area contributed by atoms with E-state index in [2.05, 4.69) is 5.32 Å². The molecule has 0 aromatic carbocycles. The van der Waals surface area contributed by atoms with E-state index >= 15 is 0 Å². The van der Waals surface area contributed by atoms with Crippen LogP contribution in [0.4, 0.5) is 0 Å². The third-order valence-electron chi connectivity index (χ3n) is 3.19. The van der Waals surface area contributed by atoms with Gasteiger partial charge in [0.15, 0.2) is 6.29 Å². The topological polar surface area (TPSA) is 108 Å². The van der Waals surface area contributed by atoms with Crippen LogP contribution in [-0.4, -0.2) is 64.6 Å². The highest BCUT2D eigenvalue weighted by atomic mass is 16.7. The first-order valence-corrected chi connectivity index (χ1v) is 6.45. The standard InChI is InChI=1S/C12H23NO6/c1-4-6(2)18-12-9(13-7(3)15)11(17)10(16)8(5-14)19-12/h6,8-12,14,16-17H,4-5H2,1-3H3,(H,13,15)/t6?,8-,9-,10-,11-,12-/m1/s1. The minimum absolute atomic E-state index is 0.136. The zero-order valence-electron chi connectivity index (χ0n) is 11.4. The first-order valence-electron chi connectivity index (χ1n) is 6.45. The third kappa shape index (κ3) is 4.12. The number of hydrogen-bond acceptors (Lipinski definition) is 6. The van der Waals surface area contributed by atoms with Crippen LogP contribution in [-0.2, 0) is 14.3 Å².